The normalized spacial score (nSPS) is 16.9. The monoisotopic (exact) mass is 525 g/mol. The number of pyridine rings is 1. The van der Waals surface area contributed by atoms with E-state index in [0.29, 0.717) is 45.0 Å². The lowest BCUT2D eigenvalue weighted by molar-refractivity contribution is -0.135. The molecule has 196 valence electrons. The summed E-state index contributed by atoms with van der Waals surface area (Å²) in [4.78, 5) is 42.0. The summed E-state index contributed by atoms with van der Waals surface area (Å²) in [5.41, 5.74) is 2.11. The van der Waals surface area contributed by atoms with Crippen LogP contribution in [-0.4, -0.2) is 38.1 Å². The van der Waals surface area contributed by atoms with Crippen molar-refractivity contribution in [3.63, 3.8) is 0 Å². The molecule has 6 rings (SSSR count). The van der Waals surface area contributed by atoms with Crippen molar-refractivity contribution in [1.82, 2.24) is 4.98 Å². The third-order valence-corrected chi connectivity index (χ3v) is 6.94. The van der Waals surface area contributed by atoms with Crippen LogP contribution in [0.3, 0.4) is 0 Å². The molecule has 1 unspecified atom stereocenters. The number of hydrogen-bond donors (Lipinski definition) is 1. The Morgan fingerprint density at radius 3 is 2.46 bits per heavy atom. The Labute approximate surface area is 222 Å². The molecule has 0 fully saturated rings. The van der Waals surface area contributed by atoms with Crippen LogP contribution in [0.15, 0.2) is 65.2 Å². The van der Waals surface area contributed by atoms with Gasteiger partial charge >= 0.3 is 5.97 Å². The van der Waals surface area contributed by atoms with E-state index in [2.05, 4.69) is 4.98 Å². The van der Waals surface area contributed by atoms with Crippen molar-refractivity contribution in [2.45, 2.75) is 12.3 Å². The molecule has 1 aromatic heterocycles. The fourth-order valence-corrected chi connectivity index (χ4v) is 5.05. The van der Waals surface area contributed by atoms with Crippen molar-refractivity contribution in [2.24, 2.45) is 0 Å². The Morgan fingerprint density at radius 2 is 1.69 bits per heavy atom. The van der Waals surface area contributed by atoms with Crippen molar-refractivity contribution >= 4 is 28.7 Å². The van der Waals surface area contributed by atoms with E-state index < -0.39 is 11.9 Å². The number of carbonyl (C=O) groups excluding carboxylic acids is 2. The molecule has 39 heavy (non-hydrogen) atoms. The van der Waals surface area contributed by atoms with Crippen LogP contribution in [0.2, 0.25) is 0 Å². The van der Waals surface area contributed by atoms with Gasteiger partial charge in [0.1, 0.15) is 17.2 Å². The van der Waals surface area contributed by atoms with Crippen molar-refractivity contribution in [3.05, 3.63) is 93.0 Å². The van der Waals surface area contributed by atoms with E-state index in [9.17, 15) is 14.4 Å². The van der Waals surface area contributed by atoms with Crippen LogP contribution in [0.1, 0.15) is 39.4 Å². The summed E-state index contributed by atoms with van der Waals surface area (Å²) in [6, 6.07) is 15.4. The topological polar surface area (TPSA) is 113 Å². The fraction of sp³-hybridized carbons (Fsp3) is 0.167. The Balaban J connectivity index is 1.46. The van der Waals surface area contributed by atoms with E-state index in [-0.39, 0.29) is 35.0 Å². The number of methoxy groups -OCH3 is 3. The largest absolute Gasteiger partial charge is 0.497 e. The van der Waals surface area contributed by atoms with Crippen LogP contribution in [0.5, 0.6) is 28.7 Å². The molecule has 9 nitrogen and oxygen atoms in total. The molecule has 2 aliphatic rings. The quantitative estimate of drug-likeness (QED) is 0.228. The molecule has 0 saturated heterocycles. The first kappa shape index (κ1) is 24.3. The fourth-order valence-electron chi connectivity index (χ4n) is 5.05. The minimum absolute atomic E-state index is 0.0890. The molecule has 0 saturated carbocycles. The summed E-state index contributed by atoms with van der Waals surface area (Å²) >= 11 is 0. The van der Waals surface area contributed by atoms with Crippen LogP contribution in [0.4, 0.5) is 0 Å². The first-order valence-electron chi connectivity index (χ1n) is 12.1. The van der Waals surface area contributed by atoms with E-state index >= 15 is 0 Å². The number of benzene rings is 3. The molecule has 4 aromatic rings. The summed E-state index contributed by atoms with van der Waals surface area (Å²) in [6.07, 6.45) is 1.52. The predicted octanol–water partition coefficient (Wildman–Crippen LogP) is 4.61. The SMILES string of the molecule is COc1ccc2[nH]c(=O)c(C3CC(=O)Oc4ccc5c(c43)O/C(=C\c3ccc(OC)c(OC)c3)C5=O)cc2c1. The zero-order valence-electron chi connectivity index (χ0n) is 21.3. The molecular weight excluding hydrogens is 502 g/mol. The number of rotatable bonds is 5. The summed E-state index contributed by atoms with van der Waals surface area (Å²) in [5, 5.41) is 0.739. The van der Waals surface area contributed by atoms with Gasteiger partial charge in [-0.15, -0.1) is 0 Å². The highest BCUT2D eigenvalue weighted by Crippen LogP contribution is 2.48. The second-order valence-corrected chi connectivity index (χ2v) is 9.15. The average Bonchev–Trinajstić information content (AvgIpc) is 3.26. The third-order valence-electron chi connectivity index (χ3n) is 6.94. The number of allylic oxidation sites excluding steroid dienone is 1. The smallest absolute Gasteiger partial charge is 0.312 e. The highest BCUT2D eigenvalue weighted by Gasteiger charge is 2.39. The van der Waals surface area contributed by atoms with E-state index in [1.54, 1.807) is 74.9 Å². The number of fused-ring (bicyclic) bond motifs is 4. The minimum atomic E-state index is -0.691. The molecule has 9 heteroatoms. The molecule has 1 N–H and O–H groups in total. The number of ketones is 1. The van der Waals surface area contributed by atoms with Crippen molar-refractivity contribution in [3.8, 4) is 28.7 Å². The van der Waals surface area contributed by atoms with Crippen LogP contribution in [-0.2, 0) is 4.79 Å². The van der Waals surface area contributed by atoms with Crippen LogP contribution >= 0.6 is 0 Å². The first-order chi connectivity index (χ1) is 18.9. The molecule has 0 radical (unpaired) electrons. The van der Waals surface area contributed by atoms with Gasteiger partial charge in [-0.1, -0.05) is 6.07 Å². The number of ether oxygens (including phenoxy) is 5. The number of esters is 1. The van der Waals surface area contributed by atoms with Gasteiger partial charge < -0.3 is 28.7 Å². The highest BCUT2D eigenvalue weighted by atomic mass is 16.5. The number of hydrogen-bond acceptors (Lipinski definition) is 8. The summed E-state index contributed by atoms with van der Waals surface area (Å²) in [5.74, 6) is 0.807. The maximum Gasteiger partial charge on any atom is 0.312 e. The van der Waals surface area contributed by atoms with E-state index in [1.807, 2.05) is 0 Å². The zero-order valence-corrected chi connectivity index (χ0v) is 21.3. The van der Waals surface area contributed by atoms with Crippen LogP contribution < -0.4 is 29.2 Å². The van der Waals surface area contributed by atoms with Crippen molar-refractivity contribution < 1.29 is 33.3 Å². The maximum absolute atomic E-state index is 13.3. The first-order valence-corrected chi connectivity index (χ1v) is 12.1. The lowest BCUT2D eigenvalue weighted by atomic mass is 9.85. The molecule has 0 spiro atoms. The Bertz CT molecular complexity index is 1770. The number of carbonyl (C=O) groups is 2. The number of H-pyrrole nitrogens is 1. The molecule has 3 heterocycles. The maximum atomic E-state index is 13.3. The van der Waals surface area contributed by atoms with Gasteiger partial charge in [-0.25, -0.2) is 0 Å². The molecule has 1 atom stereocenters. The van der Waals surface area contributed by atoms with Gasteiger partial charge in [0, 0.05) is 27.9 Å². The van der Waals surface area contributed by atoms with Gasteiger partial charge in [0.2, 0.25) is 5.78 Å². The Hall–Kier alpha value is -5.05. The second kappa shape index (κ2) is 9.36. The summed E-state index contributed by atoms with van der Waals surface area (Å²) in [6.45, 7) is 0. The number of aromatic nitrogens is 1. The summed E-state index contributed by atoms with van der Waals surface area (Å²) in [7, 11) is 4.63. The van der Waals surface area contributed by atoms with Crippen molar-refractivity contribution in [2.75, 3.05) is 21.3 Å². The predicted molar refractivity (Wildman–Crippen MR) is 142 cm³/mol. The van der Waals surface area contributed by atoms with Gasteiger partial charge in [0.05, 0.1) is 33.3 Å². The van der Waals surface area contributed by atoms with Gasteiger partial charge in [-0.05, 0) is 60.2 Å². The Kier molecular flexibility index (Phi) is 5.83. The van der Waals surface area contributed by atoms with Gasteiger partial charge in [-0.3, -0.25) is 14.4 Å². The third kappa shape index (κ3) is 4.08. The van der Waals surface area contributed by atoms with Gasteiger partial charge in [0.25, 0.3) is 5.56 Å². The zero-order chi connectivity index (χ0) is 27.3. The standard InChI is InChI=1S/C30H23NO8/c1-35-17-5-7-21-16(12-17)13-20(30(34)31-21)19-14-26(32)38-23-9-6-18-28(33)25(39-29(18)27(19)23)11-15-4-8-22(36-2)24(10-15)37-3/h4-13,19H,14H2,1-3H3,(H,31,34)/b25-11-. The van der Waals surface area contributed by atoms with Gasteiger partial charge in [0.15, 0.2) is 17.3 Å². The molecule has 3 aromatic carbocycles. The number of nitrogens with one attached hydrogen (secondary N) is 1. The highest BCUT2D eigenvalue weighted by molar-refractivity contribution is 6.15. The lowest BCUT2D eigenvalue weighted by Gasteiger charge is -2.26. The average molecular weight is 526 g/mol. The summed E-state index contributed by atoms with van der Waals surface area (Å²) < 4.78 is 27.6. The van der Waals surface area contributed by atoms with Gasteiger partial charge in [-0.2, -0.15) is 0 Å². The van der Waals surface area contributed by atoms with E-state index in [1.165, 1.54) is 7.11 Å². The van der Waals surface area contributed by atoms with Crippen LogP contribution in [0, 0.1) is 0 Å². The lowest BCUT2D eigenvalue weighted by Crippen LogP contribution is -2.26. The number of aromatic amines is 1. The van der Waals surface area contributed by atoms with E-state index in [4.69, 9.17) is 23.7 Å². The van der Waals surface area contributed by atoms with E-state index in [0.717, 1.165) is 5.39 Å². The van der Waals surface area contributed by atoms with Crippen LogP contribution in [0.25, 0.3) is 17.0 Å². The molecule has 0 amide bonds. The molecular formula is C30H23NO8. The Morgan fingerprint density at radius 1 is 0.872 bits per heavy atom. The molecule has 0 aliphatic carbocycles. The second-order valence-electron chi connectivity index (χ2n) is 9.15. The van der Waals surface area contributed by atoms with Crippen molar-refractivity contribution in [1.29, 1.82) is 0 Å². The minimum Gasteiger partial charge on any atom is -0.497 e. The molecule has 2 aliphatic heterocycles. The number of Topliss-reactive ketones (excluding diaryl/α,β-unsaturated/α-hetero) is 1. The molecule has 0 bridgehead atoms.